The van der Waals surface area contributed by atoms with Gasteiger partial charge in [-0.1, -0.05) is 109 Å². The summed E-state index contributed by atoms with van der Waals surface area (Å²) in [5, 5.41) is 23.5. The molecule has 0 aliphatic heterocycles. The normalized spacial score (nSPS) is 11.9. The van der Waals surface area contributed by atoms with Gasteiger partial charge >= 0.3 is 0 Å². The molecule has 0 bridgehead atoms. The largest absolute Gasteiger partial charge is 0.508 e. The molecule has 0 unspecified atom stereocenters. The Labute approximate surface area is 318 Å². The van der Waals surface area contributed by atoms with Crippen LogP contribution in [-0.4, -0.2) is 27.9 Å². The van der Waals surface area contributed by atoms with Gasteiger partial charge in [0.2, 0.25) is 0 Å². The monoisotopic (exact) mass is 738 g/mol. The van der Waals surface area contributed by atoms with Gasteiger partial charge in [-0.15, -0.1) is 23.5 Å². The van der Waals surface area contributed by atoms with Gasteiger partial charge in [-0.25, -0.2) is 0 Å². The molecular formula is C44H51ClN2O2S2. The van der Waals surface area contributed by atoms with E-state index >= 15 is 0 Å². The third-order valence-electron chi connectivity index (χ3n) is 8.88. The first-order chi connectivity index (χ1) is 24.2. The van der Waals surface area contributed by atoms with Gasteiger partial charge < -0.3 is 20.0 Å². The van der Waals surface area contributed by atoms with E-state index < -0.39 is 5.41 Å². The molecule has 5 aromatic carbocycles. The Morgan fingerprint density at radius 3 is 1.67 bits per heavy atom. The zero-order chi connectivity index (χ0) is 36.8. The van der Waals surface area contributed by atoms with E-state index in [0.717, 1.165) is 50.1 Å². The Kier molecular flexibility index (Phi) is 12.7. The van der Waals surface area contributed by atoms with Crippen molar-refractivity contribution in [2.75, 3.05) is 22.2 Å². The van der Waals surface area contributed by atoms with Crippen LogP contribution in [0, 0.1) is 5.41 Å². The second-order valence-corrected chi connectivity index (χ2v) is 18.2. The van der Waals surface area contributed by atoms with E-state index in [0.29, 0.717) is 30.0 Å². The maximum Gasteiger partial charge on any atom is 0.120 e. The molecule has 0 aliphatic carbocycles. The molecule has 0 fully saturated rings. The summed E-state index contributed by atoms with van der Waals surface area (Å²) < 4.78 is 0. The quantitative estimate of drug-likeness (QED) is 0.0874. The molecule has 51 heavy (non-hydrogen) atoms. The number of thioether (sulfide) groups is 2. The fraction of sp³-hybridized carbons (Fsp3) is 0.318. The molecule has 4 nitrogen and oxygen atoms in total. The van der Waals surface area contributed by atoms with Crippen LogP contribution >= 0.6 is 35.1 Å². The first kappa shape index (κ1) is 38.5. The average Bonchev–Trinajstić information content (AvgIpc) is 3.09. The van der Waals surface area contributed by atoms with Crippen molar-refractivity contribution in [3.8, 4) is 11.5 Å². The van der Waals surface area contributed by atoms with Crippen LogP contribution in [0.25, 0.3) is 0 Å². The smallest absolute Gasteiger partial charge is 0.120 e. The van der Waals surface area contributed by atoms with Gasteiger partial charge in [-0.3, -0.25) is 0 Å². The van der Waals surface area contributed by atoms with Gasteiger partial charge in [0.05, 0.1) is 10.9 Å². The molecule has 0 aromatic heterocycles. The van der Waals surface area contributed by atoms with Crippen LogP contribution in [0.5, 0.6) is 11.5 Å². The minimum Gasteiger partial charge on any atom is -0.508 e. The number of rotatable bonds is 14. The molecule has 5 rings (SSSR count). The Bertz CT molecular complexity index is 1890. The summed E-state index contributed by atoms with van der Waals surface area (Å²) in [6.07, 6.45) is 0. The summed E-state index contributed by atoms with van der Waals surface area (Å²) in [5.41, 5.74) is 5.78. The van der Waals surface area contributed by atoms with E-state index in [1.54, 1.807) is 11.8 Å². The number of halogens is 1. The molecule has 5 aromatic rings. The topological polar surface area (TPSA) is 46.9 Å². The Morgan fingerprint density at radius 2 is 1.16 bits per heavy atom. The van der Waals surface area contributed by atoms with Crippen LogP contribution in [0.3, 0.4) is 0 Å². The molecule has 0 saturated heterocycles. The number of hydrogen-bond donors (Lipinski definition) is 2. The molecule has 0 spiro atoms. The lowest BCUT2D eigenvalue weighted by molar-refractivity contribution is 0.405. The molecular weight excluding hydrogens is 688 g/mol. The number of para-hydroxylation sites is 2. The first-order valence-electron chi connectivity index (χ1n) is 17.5. The lowest BCUT2D eigenvalue weighted by Crippen LogP contribution is -2.32. The van der Waals surface area contributed by atoms with E-state index in [1.807, 2.05) is 66.4 Å². The van der Waals surface area contributed by atoms with Crippen molar-refractivity contribution in [1.29, 1.82) is 0 Å². The summed E-state index contributed by atoms with van der Waals surface area (Å²) in [5.74, 6) is 1.21. The zero-order valence-electron chi connectivity index (χ0n) is 30.9. The molecule has 0 amide bonds. The summed E-state index contributed by atoms with van der Waals surface area (Å²) >= 11 is 10.2. The van der Waals surface area contributed by atoms with Crippen LogP contribution in [-0.2, 0) is 18.5 Å². The van der Waals surface area contributed by atoms with Crippen LogP contribution < -0.4 is 9.80 Å². The molecule has 0 radical (unpaired) electrons. The number of hydrogen-bond acceptors (Lipinski definition) is 6. The number of anilines is 2. The molecule has 0 aliphatic rings. The fourth-order valence-electron chi connectivity index (χ4n) is 6.17. The predicted octanol–water partition coefficient (Wildman–Crippen LogP) is 12.4. The molecule has 0 heterocycles. The van der Waals surface area contributed by atoms with E-state index in [4.69, 9.17) is 11.6 Å². The number of aromatic hydroxyl groups is 2. The molecule has 0 saturated carbocycles. The summed E-state index contributed by atoms with van der Waals surface area (Å²) in [4.78, 5) is 6.86. The predicted molar refractivity (Wildman–Crippen MR) is 221 cm³/mol. The van der Waals surface area contributed by atoms with Crippen LogP contribution in [0.1, 0.15) is 70.7 Å². The fourth-order valence-corrected chi connectivity index (χ4v) is 8.35. The van der Waals surface area contributed by atoms with E-state index in [9.17, 15) is 10.2 Å². The SMILES string of the molecule is CC(C)Sc1ccc(Cl)c(SCN(Cc2cc(C(C)(C)c3ccc(O)c(CN(CC(C)(C)C)c4ccccc4)c3)ccc2O)c2ccccc2)c1. The van der Waals surface area contributed by atoms with Crippen molar-refractivity contribution in [1.82, 2.24) is 0 Å². The number of phenolic OH excluding ortho intramolecular Hbond substituents is 2. The van der Waals surface area contributed by atoms with Crippen molar-refractivity contribution in [2.24, 2.45) is 5.41 Å². The van der Waals surface area contributed by atoms with Crippen molar-refractivity contribution in [3.05, 3.63) is 143 Å². The van der Waals surface area contributed by atoms with Gasteiger partial charge in [-0.05, 0) is 83.3 Å². The summed E-state index contributed by atoms with van der Waals surface area (Å²) in [7, 11) is 0. The average molecular weight is 739 g/mol. The number of phenols is 2. The Balaban J connectivity index is 1.42. The van der Waals surface area contributed by atoms with Crippen molar-refractivity contribution < 1.29 is 10.2 Å². The van der Waals surface area contributed by atoms with Gasteiger partial charge in [0.15, 0.2) is 0 Å². The van der Waals surface area contributed by atoms with E-state index in [2.05, 4.69) is 119 Å². The van der Waals surface area contributed by atoms with Crippen LogP contribution in [0.4, 0.5) is 11.4 Å². The highest BCUT2D eigenvalue weighted by Gasteiger charge is 2.27. The standard InChI is InChI=1S/C44H51ClN2O2S2/c1-31(2)51-38-20-21-39(45)42(26-38)50-30-47(37-16-12-9-13-17-37)28-33-25-35(19-23-41(33)49)44(6,7)34-18-22-40(48)32(24-34)27-46(29-43(3,4)5)36-14-10-8-11-15-36/h8-26,31,48-49H,27-30H2,1-7H3. The lowest BCUT2D eigenvalue weighted by Gasteiger charge is -2.33. The van der Waals surface area contributed by atoms with E-state index in [1.165, 1.54) is 4.90 Å². The third kappa shape index (κ3) is 10.4. The van der Waals surface area contributed by atoms with Gasteiger partial charge in [0, 0.05) is 62.6 Å². The summed E-state index contributed by atoms with van der Waals surface area (Å²) in [6.45, 7) is 17.5. The zero-order valence-corrected chi connectivity index (χ0v) is 33.2. The highest BCUT2D eigenvalue weighted by molar-refractivity contribution is 8.00. The van der Waals surface area contributed by atoms with Crippen molar-refractivity contribution in [3.63, 3.8) is 0 Å². The molecule has 268 valence electrons. The summed E-state index contributed by atoms with van der Waals surface area (Å²) in [6, 6.07) is 38.9. The van der Waals surface area contributed by atoms with Crippen molar-refractivity contribution >= 4 is 46.5 Å². The Hall–Kier alpha value is -3.71. The van der Waals surface area contributed by atoms with Crippen LogP contribution in [0.2, 0.25) is 5.02 Å². The number of nitrogens with zero attached hydrogens (tertiary/aromatic N) is 2. The second kappa shape index (κ2) is 16.8. The maximum absolute atomic E-state index is 11.2. The molecule has 7 heteroatoms. The highest BCUT2D eigenvalue weighted by Crippen LogP contribution is 2.39. The lowest BCUT2D eigenvalue weighted by atomic mass is 9.77. The van der Waals surface area contributed by atoms with Gasteiger partial charge in [0.1, 0.15) is 11.5 Å². The van der Waals surface area contributed by atoms with Crippen molar-refractivity contribution in [2.45, 2.75) is 82.0 Å². The maximum atomic E-state index is 11.2. The second-order valence-electron chi connectivity index (χ2n) is 15.1. The van der Waals surface area contributed by atoms with E-state index in [-0.39, 0.29) is 11.2 Å². The Morgan fingerprint density at radius 1 is 0.647 bits per heavy atom. The first-order valence-corrected chi connectivity index (χ1v) is 19.8. The van der Waals surface area contributed by atoms with Gasteiger partial charge in [-0.2, -0.15) is 0 Å². The molecule has 0 atom stereocenters. The minimum atomic E-state index is -0.402. The molecule has 2 N–H and O–H groups in total. The van der Waals surface area contributed by atoms with Crippen LogP contribution in [0.15, 0.2) is 125 Å². The minimum absolute atomic E-state index is 0.0695. The third-order valence-corrected chi connectivity index (χ3v) is 11.4. The van der Waals surface area contributed by atoms with Gasteiger partial charge in [0.25, 0.3) is 0 Å². The highest BCUT2D eigenvalue weighted by atomic mass is 35.5. The number of benzene rings is 5.